The quantitative estimate of drug-likeness (QED) is 0.661. The monoisotopic (exact) mass is 392 g/mol. The van der Waals surface area contributed by atoms with Crippen LogP contribution in [0.4, 0.5) is 13.2 Å². The summed E-state index contributed by atoms with van der Waals surface area (Å²) in [6.07, 6.45) is -2.77. The molecule has 3 aromatic rings. The number of hydrogen-bond acceptors (Lipinski definition) is 6. The first kappa shape index (κ1) is 18.7. The van der Waals surface area contributed by atoms with E-state index in [9.17, 15) is 13.2 Å². The number of aromatic nitrogens is 2. The Morgan fingerprint density at radius 1 is 0.929 bits per heavy atom. The molecule has 1 aliphatic rings. The van der Waals surface area contributed by atoms with Crippen molar-refractivity contribution in [3.8, 4) is 11.7 Å². The average Bonchev–Trinajstić information content (AvgIpc) is 3.35. The summed E-state index contributed by atoms with van der Waals surface area (Å²) in [6.45, 7) is 4.10. The van der Waals surface area contributed by atoms with Crippen LogP contribution in [-0.2, 0) is 19.3 Å². The molecule has 3 heterocycles. The minimum atomic E-state index is -4.31. The first-order valence-corrected chi connectivity index (χ1v) is 8.94. The zero-order valence-corrected chi connectivity index (χ0v) is 15.0. The molecule has 28 heavy (non-hydrogen) atoms. The van der Waals surface area contributed by atoms with Crippen LogP contribution in [0.2, 0.25) is 0 Å². The van der Waals surface area contributed by atoms with E-state index in [-0.39, 0.29) is 0 Å². The zero-order chi connectivity index (χ0) is 19.6. The molecule has 1 aliphatic heterocycles. The Bertz CT molecular complexity index is 900. The third kappa shape index (κ3) is 4.42. The molecule has 1 saturated heterocycles. The van der Waals surface area contributed by atoms with E-state index >= 15 is 0 Å². The second kappa shape index (κ2) is 7.76. The lowest BCUT2D eigenvalue weighted by Gasteiger charge is -2.34. The normalized spacial score (nSPS) is 16.5. The van der Waals surface area contributed by atoms with Crippen LogP contribution in [0.3, 0.4) is 0 Å². The van der Waals surface area contributed by atoms with E-state index in [1.165, 1.54) is 12.1 Å². The molecule has 0 amide bonds. The second-order valence-electron chi connectivity index (χ2n) is 6.73. The van der Waals surface area contributed by atoms with E-state index in [0.717, 1.165) is 32.2 Å². The van der Waals surface area contributed by atoms with Gasteiger partial charge >= 0.3 is 6.18 Å². The van der Waals surface area contributed by atoms with Gasteiger partial charge in [-0.05, 0) is 23.8 Å². The molecule has 2 aromatic heterocycles. The summed E-state index contributed by atoms with van der Waals surface area (Å²) < 4.78 is 49.4. The van der Waals surface area contributed by atoms with Crippen LogP contribution in [0.5, 0.6) is 0 Å². The third-order valence-corrected chi connectivity index (χ3v) is 4.68. The van der Waals surface area contributed by atoms with E-state index in [2.05, 4.69) is 20.0 Å². The van der Waals surface area contributed by atoms with Crippen LogP contribution in [0.25, 0.3) is 11.7 Å². The van der Waals surface area contributed by atoms with Gasteiger partial charge in [-0.3, -0.25) is 9.80 Å². The van der Waals surface area contributed by atoms with E-state index in [0.29, 0.717) is 36.2 Å². The zero-order valence-electron chi connectivity index (χ0n) is 15.0. The Kier molecular flexibility index (Phi) is 5.19. The molecule has 0 unspecified atom stereocenters. The molecule has 0 atom stereocenters. The maximum Gasteiger partial charge on any atom is 0.416 e. The Balaban J connectivity index is 1.29. The van der Waals surface area contributed by atoms with Crippen LogP contribution in [0.15, 0.2) is 51.5 Å². The number of furan rings is 1. The Hall–Kier alpha value is -2.65. The van der Waals surface area contributed by atoms with Crippen LogP contribution in [0, 0.1) is 0 Å². The SMILES string of the molecule is FC(F)(F)c1cccc(CN2CCN(Cc3nnc(-c4ccco4)o3)CC2)c1. The number of hydrogen-bond donors (Lipinski definition) is 0. The number of rotatable bonds is 5. The summed E-state index contributed by atoms with van der Waals surface area (Å²) >= 11 is 0. The van der Waals surface area contributed by atoms with Crippen LogP contribution in [0.1, 0.15) is 17.0 Å². The average molecular weight is 392 g/mol. The molecule has 0 N–H and O–H groups in total. The van der Waals surface area contributed by atoms with Gasteiger partial charge in [-0.1, -0.05) is 18.2 Å². The van der Waals surface area contributed by atoms with E-state index in [1.807, 2.05) is 0 Å². The van der Waals surface area contributed by atoms with Gasteiger partial charge in [0.1, 0.15) is 0 Å². The standard InChI is InChI=1S/C19H19F3N4O2/c20-19(21,22)15-4-1-3-14(11-15)12-25-6-8-26(9-7-25)13-17-23-24-18(28-17)16-5-2-10-27-16/h1-5,10-11H,6-9,12-13H2. The Labute approximate surface area is 159 Å². The van der Waals surface area contributed by atoms with Gasteiger partial charge in [0.05, 0.1) is 18.4 Å². The van der Waals surface area contributed by atoms with Crippen molar-refractivity contribution in [2.24, 2.45) is 0 Å². The molecule has 0 saturated carbocycles. The fourth-order valence-electron chi connectivity index (χ4n) is 3.22. The maximum absolute atomic E-state index is 12.9. The van der Waals surface area contributed by atoms with Gasteiger partial charge in [0, 0.05) is 32.7 Å². The third-order valence-electron chi connectivity index (χ3n) is 4.68. The highest BCUT2D eigenvalue weighted by molar-refractivity contribution is 5.42. The molecular formula is C19H19F3N4O2. The summed E-state index contributed by atoms with van der Waals surface area (Å²) in [5, 5.41) is 8.03. The van der Waals surface area contributed by atoms with Crippen molar-refractivity contribution >= 4 is 0 Å². The topological polar surface area (TPSA) is 58.5 Å². The lowest BCUT2D eigenvalue weighted by molar-refractivity contribution is -0.137. The number of nitrogens with zero attached hydrogens (tertiary/aromatic N) is 4. The highest BCUT2D eigenvalue weighted by Gasteiger charge is 2.30. The van der Waals surface area contributed by atoms with Gasteiger partial charge < -0.3 is 8.83 Å². The molecule has 4 rings (SSSR count). The minimum Gasteiger partial charge on any atom is -0.459 e. The van der Waals surface area contributed by atoms with Crippen LogP contribution < -0.4 is 0 Å². The smallest absolute Gasteiger partial charge is 0.416 e. The van der Waals surface area contributed by atoms with Crippen molar-refractivity contribution in [2.45, 2.75) is 19.3 Å². The Morgan fingerprint density at radius 2 is 1.68 bits per heavy atom. The number of benzene rings is 1. The predicted octanol–water partition coefficient (Wildman–Crippen LogP) is 3.67. The van der Waals surface area contributed by atoms with Gasteiger partial charge in [-0.15, -0.1) is 10.2 Å². The predicted molar refractivity (Wildman–Crippen MR) is 94.0 cm³/mol. The summed E-state index contributed by atoms with van der Waals surface area (Å²) in [5.41, 5.74) is 0.0654. The molecule has 148 valence electrons. The molecule has 0 spiro atoms. The first-order chi connectivity index (χ1) is 13.5. The van der Waals surface area contributed by atoms with Crippen molar-refractivity contribution in [2.75, 3.05) is 26.2 Å². The van der Waals surface area contributed by atoms with Gasteiger partial charge in [0.25, 0.3) is 5.89 Å². The minimum absolute atomic E-state index is 0.350. The fourth-order valence-corrected chi connectivity index (χ4v) is 3.22. The largest absolute Gasteiger partial charge is 0.459 e. The van der Waals surface area contributed by atoms with Gasteiger partial charge in [0.15, 0.2) is 5.76 Å². The summed E-state index contributed by atoms with van der Waals surface area (Å²) in [4.78, 5) is 4.33. The molecule has 0 aliphatic carbocycles. The van der Waals surface area contributed by atoms with Crippen molar-refractivity contribution in [3.63, 3.8) is 0 Å². The van der Waals surface area contributed by atoms with E-state index in [4.69, 9.17) is 8.83 Å². The van der Waals surface area contributed by atoms with Gasteiger partial charge in [0.2, 0.25) is 5.89 Å². The molecule has 6 nitrogen and oxygen atoms in total. The number of piperazine rings is 1. The fraction of sp³-hybridized carbons (Fsp3) is 0.368. The molecule has 9 heteroatoms. The Morgan fingerprint density at radius 3 is 2.36 bits per heavy atom. The highest BCUT2D eigenvalue weighted by atomic mass is 19.4. The molecular weight excluding hydrogens is 373 g/mol. The van der Waals surface area contributed by atoms with Crippen LogP contribution in [-0.4, -0.2) is 46.2 Å². The summed E-state index contributed by atoms with van der Waals surface area (Å²) in [6, 6.07) is 9.02. The molecule has 1 fully saturated rings. The first-order valence-electron chi connectivity index (χ1n) is 8.94. The van der Waals surface area contributed by atoms with Gasteiger partial charge in [-0.25, -0.2) is 0 Å². The number of alkyl halides is 3. The molecule has 1 aromatic carbocycles. The molecule has 0 bridgehead atoms. The molecule has 0 radical (unpaired) electrons. The summed E-state index contributed by atoms with van der Waals surface area (Å²) in [7, 11) is 0. The van der Waals surface area contributed by atoms with Crippen molar-refractivity contribution < 1.29 is 22.0 Å². The number of halogens is 3. The maximum atomic E-state index is 12.9. The second-order valence-corrected chi connectivity index (χ2v) is 6.73. The lowest BCUT2D eigenvalue weighted by Crippen LogP contribution is -2.45. The van der Waals surface area contributed by atoms with E-state index < -0.39 is 11.7 Å². The van der Waals surface area contributed by atoms with Crippen LogP contribution >= 0.6 is 0 Å². The van der Waals surface area contributed by atoms with Crippen molar-refractivity contribution in [1.29, 1.82) is 0 Å². The van der Waals surface area contributed by atoms with E-state index in [1.54, 1.807) is 24.5 Å². The van der Waals surface area contributed by atoms with Gasteiger partial charge in [-0.2, -0.15) is 13.2 Å². The lowest BCUT2D eigenvalue weighted by atomic mass is 10.1. The highest BCUT2D eigenvalue weighted by Crippen LogP contribution is 2.29. The van der Waals surface area contributed by atoms with Crippen molar-refractivity contribution in [3.05, 3.63) is 59.7 Å². The summed E-state index contributed by atoms with van der Waals surface area (Å²) in [5.74, 6) is 1.39. The van der Waals surface area contributed by atoms with Crippen molar-refractivity contribution in [1.82, 2.24) is 20.0 Å².